The number of carboxylic acid groups (broad SMARTS) is 1. The van der Waals surface area contributed by atoms with Gasteiger partial charge in [-0.1, -0.05) is 11.8 Å². The Morgan fingerprint density at radius 1 is 1.36 bits per heavy atom. The van der Waals surface area contributed by atoms with Gasteiger partial charge in [0.15, 0.2) is 11.0 Å². The van der Waals surface area contributed by atoms with Crippen molar-refractivity contribution < 1.29 is 9.90 Å². The normalized spacial score (nSPS) is 11.2. The van der Waals surface area contributed by atoms with E-state index in [0.29, 0.717) is 5.16 Å². The van der Waals surface area contributed by atoms with Crippen molar-refractivity contribution in [2.45, 2.75) is 19.0 Å². The van der Waals surface area contributed by atoms with Crippen LogP contribution in [0.4, 0.5) is 0 Å². The molecular formula is C15H16N4O2S. The molecule has 3 rings (SSSR count). The van der Waals surface area contributed by atoms with Crippen molar-refractivity contribution in [3.8, 4) is 11.4 Å². The van der Waals surface area contributed by atoms with E-state index >= 15 is 0 Å². The smallest absolute Gasteiger partial charge is 0.313 e. The molecule has 0 bridgehead atoms. The second kappa shape index (κ2) is 5.49. The lowest BCUT2D eigenvalue weighted by molar-refractivity contribution is -0.133. The van der Waals surface area contributed by atoms with Gasteiger partial charge in [0.2, 0.25) is 0 Å². The number of aliphatic carboxylic acids is 1. The van der Waals surface area contributed by atoms with Gasteiger partial charge < -0.3 is 14.7 Å². The molecule has 3 aromatic rings. The zero-order valence-electron chi connectivity index (χ0n) is 12.5. The number of benzene rings is 1. The number of rotatable bonds is 4. The zero-order chi connectivity index (χ0) is 15.9. The second-order valence-electron chi connectivity index (χ2n) is 5.18. The Bertz CT molecular complexity index is 866. The largest absolute Gasteiger partial charge is 0.481 e. The minimum Gasteiger partial charge on any atom is -0.481 e. The minimum absolute atomic E-state index is 0.0267. The number of aromatic nitrogens is 4. The first-order valence-electron chi connectivity index (χ1n) is 6.80. The Morgan fingerprint density at radius 3 is 2.86 bits per heavy atom. The number of nitrogens with one attached hydrogen (secondary N) is 1. The molecule has 0 saturated carbocycles. The number of hydrogen-bond acceptors (Lipinski definition) is 4. The van der Waals surface area contributed by atoms with Gasteiger partial charge in [0.25, 0.3) is 0 Å². The van der Waals surface area contributed by atoms with Crippen molar-refractivity contribution in [2.75, 3.05) is 5.75 Å². The number of aromatic amines is 1. The van der Waals surface area contributed by atoms with Gasteiger partial charge in [-0.15, -0.1) is 10.2 Å². The number of carboxylic acids is 1. The Balaban J connectivity index is 2.00. The molecule has 1 aromatic carbocycles. The molecule has 2 aromatic heterocycles. The lowest BCUT2D eigenvalue weighted by atomic mass is 10.1. The monoisotopic (exact) mass is 316 g/mol. The SMILES string of the molecule is Cc1[nH]c2ccc(-c3nnc(SCC(=O)O)n3C)cc2c1C. The third-order valence-corrected chi connectivity index (χ3v) is 4.73. The van der Waals surface area contributed by atoms with Gasteiger partial charge in [0.1, 0.15) is 0 Å². The molecule has 0 radical (unpaired) electrons. The number of nitrogens with zero attached hydrogens (tertiary/aromatic N) is 3. The van der Waals surface area contributed by atoms with E-state index in [9.17, 15) is 4.79 Å². The summed E-state index contributed by atoms with van der Waals surface area (Å²) in [6, 6.07) is 6.11. The van der Waals surface area contributed by atoms with Crippen LogP contribution in [0, 0.1) is 13.8 Å². The fourth-order valence-corrected chi connectivity index (χ4v) is 3.05. The van der Waals surface area contributed by atoms with Crippen LogP contribution < -0.4 is 0 Å². The summed E-state index contributed by atoms with van der Waals surface area (Å²) >= 11 is 1.17. The van der Waals surface area contributed by atoms with Crippen LogP contribution in [-0.4, -0.2) is 36.6 Å². The van der Waals surface area contributed by atoms with E-state index in [-0.39, 0.29) is 5.75 Å². The summed E-state index contributed by atoms with van der Waals surface area (Å²) in [5.41, 5.74) is 4.44. The summed E-state index contributed by atoms with van der Waals surface area (Å²) in [5.74, 6) is -0.163. The highest BCUT2D eigenvalue weighted by Crippen LogP contribution is 2.28. The fourth-order valence-electron chi connectivity index (χ4n) is 2.42. The summed E-state index contributed by atoms with van der Waals surface area (Å²) in [7, 11) is 1.85. The Morgan fingerprint density at radius 2 is 2.14 bits per heavy atom. The van der Waals surface area contributed by atoms with Crippen molar-refractivity contribution >= 4 is 28.6 Å². The average molecular weight is 316 g/mol. The molecule has 114 valence electrons. The molecule has 0 spiro atoms. The summed E-state index contributed by atoms with van der Waals surface area (Å²) < 4.78 is 1.82. The number of fused-ring (bicyclic) bond motifs is 1. The van der Waals surface area contributed by atoms with Gasteiger partial charge >= 0.3 is 5.97 Å². The maximum absolute atomic E-state index is 10.7. The maximum Gasteiger partial charge on any atom is 0.313 e. The first kappa shape index (κ1) is 14.6. The molecule has 0 aliphatic heterocycles. The Kier molecular flexibility index (Phi) is 3.66. The zero-order valence-corrected chi connectivity index (χ0v) is 13.4. The van der Waals surface area contributed by atoms with Crippen molar-refractivity contribution in [3.05, 3.63) is 29.5 Å². The van der Waals surface area contributed by atoms with E-state index in [4.69, 9.17) is 5.11 Å². The number of H-pyrrole nitrogens is 1. The van der Waals surface area contributed by atoms with Gasteiger partial charge in [-0.05, 0) is 37.6 Å². The van der Waals surface area contributed by atoms with Crippen LogP contribution in [0.1, 0.15) is 11.3 Å². The van der Waals surface area contributed by atoms with Crippen LogP contribution in [0.5, 0.6) is 0 Å². The molecule has 2 heterocycles. The number of hydrogen-bond donors (Lipinski definition) is 2. The highest BCUT2D eigenvalue weighted by atomic mass is 32.2. The summed E-state index contributed by atoms with van der Waals surface area (Å²) in [5, 5.41) is 18.8. The van der Waals surface area contributed by atoms with Crippen molar-refractivity contribution in [1.82, 2.24) is 19.7 Å². The van der Waals surface area contributed by atoms with E-state index < -0.39 is 5.97 Å². The van der Waals surface area contributed by atoms with E-state index in [0.717, 1.165) is 28.0 Å². The van der Waals surface area contributed by atoms with Gasteiger partial charge in [0.05, 0.1) is 5.75 Å². The van der Waals surface area contributed by atoms with E-state index in [1.54, 1.807) is 0 Å². The minimum atomic E-state index is -0.866. The molecule has 0 saturated heterocycles. The van der Waals surface area contributed by atoms with Gasteiger partial charge in [-0.25, -0.2) is 0 Å². The molecular weight excluding hydrogens is 300 g/mol. The number of thioether (sulfide) groups is 1. The van der Waals surface area contributed by atoms with Crippen LogP contribution in [-0.2, 0) is 11.8 Å². The molecule has 0 unspecified atom stereocenters. The maximum atomic E-state index is 10.7. The lowest BCUT2D eigenvalue weighted by Gasteiger charge is -2.03. The first-order chi connectivity index (χ1) is 10.5. The third-order valence-electron chi connectivity index (χ3n) is 3.73. The predicted octanol–water partition coefficient (Wildman–Crippen LogP) is 2.76. The van der Waals surface area contributed by atoms with Crippen LogP contribution in [0.2, 0.25) is 0 Å². The van der Waals surface area contributed by atoms with Crippen LogP contribution in [0.25, 0.3) is 22.3 Å². The van der Waals surface area contributed by atoms with Crippen LogP contribution in [0.15, 0.2) is 23.4 Å². The quantitative estimate of drug-likeness (QED) is 0.723. The molecule has 0 amide bonds. The lowest BCUT2D eigenvalue weighted by Crippen LogP contribution is -2.01. The fraction of sp³-hybridized carbons (Fsp3) is 0.267. The van der Waals surface area contributed by atoms with E-state index in [2.05, 4.69) is 35.1 Å². The molecule has 2 N–H and O–H groups in total. The molecule has 0 aliphatic rings. The molecule has 6 nitrogen and oxygen atoms in total. The Labute approximate surface area is 131 Å². The number of carbonyl (C=O) groups is 1. The highest BCUT2D eigenvalue weighted by Gasteiger charge is 2.14. The highest BCUT2D eigenvalue weighted by molar-refractivity contribution is 7.99. The summed E-state index contributed by atoms with van der Waals surface area (Å²) in [4.78, 5) is 14.0. The molecule has 22 heavy (non-hydrogen) atoms. The average Bonchev–Trinajstić information content (AvgIpc) is 2.98. The van der Waals surface area contributed by atoms with Crippen LogP contribution in [0.3, 0.4) is 0 Å². The molecule has 0 fully saturated rings. The topological polar surface area (TPSA) is 83.8 Å². The third kappa shape index (κ3) is 2.48. The second-order valence-corrected chi connectivity index (χ2v) is 6.13. The molecule has 0 atom stereocenters. The molecule has 7 heteroatoms. The van der Waals surface area contributed by atoms with Gasteiger partial charge in [0, 0.05) is 29.2 Å². The van der Waals surface area contributed by atoms with Gasteiger partial charge in [-0.3, -0.25) is 4.79 Å². The number of aryl methyl sites for hydroxylation is 2. The van der Waals surface area contributed by atoms with Crippen molar-refractivity contribution in [2.24, 2.45) is 7.05 Å². The molecule has 0 aliphatic carbocycles. The Hall–Kier alpha value is -2.28. The van der Waals surface area contributed by atoms with E-state index in [1.807, 2.05) is 23.7 Å². The van der Waals surface area contributed by atoms with Gasteiger partial charge in [-0.2, -0.15) is 0 Å². The van der Waals surface area contributed by atoms with Crippen LogP contribution >= 0.6 is 11.8 Å². The summed E-state index contributed by atoms with van der Waals surface area (Å²) in [6.07, 6.45) is 0. The first-order valence-corrected chi connectivity index (χ1v) is 7.79. The standard InChI is InChI=1S/C15H16N4O2S/c1-8-9(2)16-12-5-4-10(6-11(8)12)14-17-18-15(19(14)3)22-7-13(20)21/h4-6,16H,7H2,1-3H3,(H,20,21). The van der Waals surface area contributed by atoms with Crippen molar-refractivity contribution in [3.63, 3.8) is 0 Å². The summed E-state index contributed by atoms with van der Waals surface area (Å²) in [6.45, 7) is 4.14. The van der Waals surface area contributed by atoms with E-state index in [1.165, 1.54) is 17.3 Å². The van der Waals surface area contributed by atoms with Crippen molar-refractivity contribution in [1.29, 1.82) is 0 Å². The predicted molar refractivity (Wildman–Crippen MR) is 86.1 cm³/mol.